The van der Waals surface area contributed by atoms with E-state index in [0.29, 0.717) is 20.6 Å². The van der Waals surface area contributed by atoms with Gasteiger partial charge in [-0.3, -0.25) is 9.36 Å². The van der Waals surface area contributed by atoms with E-state index in [0.717, 1.165) is 21.2 Å². The summed E-state index contributed by atoms with van der Waals surface area (Å²) in [7, 11) is 0. The van der Waals surface area contributed by atoms with Gasteiger partial charge in [0.05, 0.1) is 21.9 Å². The summed E-state index contributed by atoms with van der Waals surface area (Å²) < 4.78 is 7.74. The van der Waals surface area contributed by atoms with Crippen LogP contribution in [0.2, 0.25) is 0 Å². The molecule has 0 radical (unpaired) electrons. The fourth-order valence-electron chi connectivity index (χ4n) is 4.09. The zero-order valence-corrected chi connectivity index (χ0v) is 20.1. The molecule has 1 aliphatic heterocycles. The molecule has 0 bridgehead atoms. The van der Waals surface area contributed by atoms with Crippen LogP contribution in [0.4, 0.5) is 0 Å². The number of ether oxygens (including phenoxy) is 1. The Balaban J connectivity index is 1.73. The van der Waals surface area contributed by atoms with Gasteiger partial charge in [-0.25, -0.2) is 9.79 Å². The molecular weight excluding hydrogens is 452 g/mol. The van der Waals surface area contributed by atoms with Crippen molar-refractivity contribution in [1.29, 1.82) is 0 Å². The van der Waals surface area contributed by atoms with E-state index in [4.69, 9.17) is 4.74 Å². The molecule has 2 aromatic carbocycles. The van der Waals surface area contributed by atoms with Crippen molar-refractivity contribution >= 4 is 45.5 Å². The van der Waals surface area contributed by atoms with Crippen LogP contribution in [0.15, 0.2) is 81.0 Å². The van der Waals surface area contributed by atoms with Crippen molar-refractivity contribution in [2.24, 2.45) is 4.99 Å². The fourth-order valence-corrected chi connectivity index (χ4v) is 5.95. The van der Waals surface area contributed by atoms with Gasteiger partial charge in [-0.05, 0) is 54.6 Å². The Hall–Kier alpha value is -3.29. The average Bonchev–Trinajstić information content (AvgIpc) is 3.41. The number of aromatic nitrogens is 1. The summed E-state index contributed by atoms with van der Waals surface area (Å²) >= 11 is 2.85. The monoisotopic (exact) mass is 474 g/mol. The lowest BCUT2D eigenvalue weighted by Gasteiger charge is -2.24. The molecule has 0 spiro atoms. The standard InChI is InChI=1S/C26H22N2O3S2/c1-15(2)31-25(30)22-16(3)27-26-28(23(22)20-12-7-13-32-20)24(29)21(33-26)14-18-10-6-9-17-8-4-5-11-19(17)18/h4-15,23H,1-3H3/b21-14-. The maximum atomic E-state index is 13.7. The maximum absolute atomic E-state index is 13.7. The molecule has 0 saturated heterocycles. The normalized spacial score (nSPS) is 16.2. The molecule has 166 valence electrons. The van der Waals surface area contributed by atoms with Crippen LogP contribution in [0.5, 0.6) is 0 Å². The van der Waals surface area contributed by atoms with Gasteiger partial charge in [-0.2, -0.15) is 0 Å². The highest BCUT2D eigenvalue weighted by Gasteiger charge is 2.34. The molecule has 7 heteroatoms. The second kappa shape index (κ2) is 8.57. The summed E-state index contributed by atoms with van der Waals surface area (Å²) in [6.45, 7) is 5.43. The molecular formula is C26H22N2O3S2. The largest absolute Gasteiger partial charge is 0.459 e. The van der Waals surface area contributed by atoms with Gasteiger partial charge in [-0.1, -0.05) is 59.9 Å². The fraction of sp³-hybridized carbons (Fsp3) is 0.192. The van der Waals surface area contributed by atoms with E-state index in [-0.39, 0.29) is 11.7 Å². The number of carbonyl (C=O) groups is 1. The highest BCUT2D eigenvalue weighted by molar-refractivity contribution is 7.10. The molecule has 5 rings (SSSR count). The van der Waals surface area contributed by atoms with E-state index in [2.05, 4.69) is 23.2 Å². The molecule has 1 aliphatic rings. The quantitative estimate of drug-likeness (QED) is 0.412. The van der Waals surface area contributed by atoms with E-state index < -0.39 is 12.0 Å². The van der Waals surface area contributed by atoms with Gasteiger partial charge in [-0.15, -0.1) is 11.3 Å². The van der Waals surface area contributed by atoms with Crippen molar-refractivity contribution in [2.75, 3.05) is 0 Å². The first-order valence-corrected chi connectivity index (χ1v) is 12.4. The first-order chi connectivity index (χ1) is 15.9. The molecule has 0 saturated carbocycles. The minimum absolute atomic E-state index is 0.160. The number of fused-ring (bicyclic) bond motifs is 2. The Bertz CT molecular complexity index is 1570. The number of carbonyl (C=O) groups excluding carboxylic acids is 1. The van der Waals surface area contributed by atoms with Crippen LogP contribution in [0, 0.1) is 0 Å². The molecule has 5 nitrogen and oxygen atoms in total. The van der Waals surface area contributed by atoms with Crippen LogP contribution in [0.1, 0.15) is 37.3 Å². The van der Waals surface area contributed by atoms with E-state index in [9.17, 15) is 9.59 Å². The lowest BCUT2D eigenvalue weighted by molar-refractivity contribution is -0.143. The predicted molar refractivity (Wildman–Crippen MR) is 133 cm³/mol. The lowest BCUT2D eigenvalue weighted by atomic mass is 10.0. The maximum Gasteiger partial charge on any atom is 0.338 e. The van der Waals surface area contributed by atoms with Gasteiger partial charge in [0.25, 0.3) is 5.56 Å². The Morgan fingerprint density at radius 3 is 2.67 bits per heavy atom. The van der Waals surface area contributed by atoms with Gasteiger partial charge in [0, 0.05) is 4.88 Å². The third kappa shape index (κ3) is 3.87. The number of allylic oxidation sites excluding steroid dienone is 1. The number of esters is 1. The summed E-state index contributed by atoms with van der Waals surface area (Å²) in [6, 6.07) is 17.5. The smallest absolute Gasteiger partial charge is 0.338 e. The highest BCUT2D eigenvalue weighted by Crippen LogP contribution is 2.33. The van der Waals surface area contributed by atoms with Crippen molar-refractivity contribution in [3.63, 3.8) is 0 Å². The van der Waals surface area contributed by atoms with Crippen LogP contribution in [0.25, 0.3) is 16.8 Å². The van der Waals surface area contributed by atoms with Crippen molar-refractivity contribution in [3.05, 3.63) is 101 Å². The van der Waals surface area contributed by atoms with Gasteiger partial charge in [0.15, 0.2) is 4.80 Å². The van der Waals surface area contributed by atoms with E-state index in [1.807, 2.05) is 61.7 Å². The molecule has 1 atom stereocenters. The molecule has 0 aliphatic carbocycles. The Labute approximate surface area is 198 Å². The van der Waals surface area contributed by atoms with Gasteiger partial charge in [0.1, 0.15) is 6.04 Å². The second-order valence-corrected chi connectivity index (χ2v) is 10.1. The molecule has 0 N–H and O–H groups in total. The van der Waals surface area contributed by atoms with Gasteiger partial charge >= 0.3 is 5.97 Å². The van der Waals surface area contributed by atoms with Crippen molar-refractivity contribution in [2.45, 2.75) is 32.9 Å². The minimum Gasteiger partial charge on any atom is -0.459 e. The Morgan fingerprint density at radius 2 is 1.91 bits per heavy atom. The molecule has 4 aromatic rings. The average molecular weight is 475 g/mol. The zero-order valence-electron chi connectivity index (χ0n) is 18.4. The number of thiophene rings is 1. The van der Waals surface area contributed by atoms with E-state index in [1.54, 1.807) is 11.5 Å². The van der Waals surface area contributed by atoms with Crippen LogP contribution in [0.3, 0.4) is 0 Å². The first kappa shape index (κ1) is 21.6. The van der Waals surface area contributed by atoms with Crippen molar-refractivity contribution in [3.8, 4) is 0 Å². The SMILES string of the molecule is CC1=C(C(=O)OC(C)C)C(c2cccs2)n2c(s/c(=C\c3cccc4ccccc34)c2=O)=N1. The van der Waals surface area contributed by atoms with Crippen LogP contribution < -0.4 is 14.9 Å². The summed E-state index contributed by atoms with van der Waals surface area (Å²) in [4.78, 5) is 32.8. The minimum atomic E-state index is -0.554. The van der Waals surface area contributed by atoms with Crippen molar-refractivity contribution in [1.82, 2.24) is 4.57 Å². The van der Waals surface area contributed by atoms with E-state index >= 15 is 0 Å². The lowest BCUT2D eigenvalue weighted by Crippen LogP contribution is -2.39. The van der Waals surface area contributed by atoms with E-state index in [1.165, 1.54) is 22.7 Å². The van der Waals surface area contributed by atoms with Crippen LogP contribution >= 0.6 is 22.7 Å². The first-order valence-electron chi connectivity index (χ1n) is 10.7. The Kier molecular flexibility index (Phi) is 5.60. The number of hydrogen-bond donors (Lipinski definition) is 0. The third-order valence-electron chi connectivity index (χ3n) is 5.51. The number of nitrogens with zero attached hydrogens (tertiary/aromatic N) is 2. The van der Waals surface area contributed by atoms with Crippen molar-refractivity contribution < 1.29 is 9.53 Å². The number of benzene rings is 2. The number of thiazole rings is 1. The highest BCUT2D eigenvalue weighted by atomic mass is 32.1. The second-order valence-electron chi connectivity index (χ2n) is 8.12. The molecule has 33 heavy (non-hydrogen) atoms. The summed E-state index contributed by atoms with van der Waals surface area (Å²) in [6.07, 6.45) is 1.65. The van der Waals surface area contributed by atoms with Gasteiger partial charge in [0.2, 0.25) is 0 Å². The van der Waals surface area contributed by atoms with Crippen LogP contribution in [-0.2, 0) is 9.53 Å². The Morgan fingerprint density at radius 1 is 1.12 bits per heavy atom. The molecule has 3 heterocycles. The zero-order chi connectivity index (χ0) is 23.1. The van der Waals surface area contributed by atoms with Gasteiger partial charge < -0.3 is 4.74 Å². The third-order valence-corrected chi connectivity index (χ3v) is 7.41. The predicted octanol–water partition coefficient (Wildman–Crippen LogP) is 4.40. The molecule has 2 aromatic heterocycles. The molecule has 0 fully saturated rings. The summed E-state index contributed by atoms with van der Waals surface area (Å²) in [5.74, 6) is -0.437. The van der Waals surface area contributed by atoms with Crippen LogP contribution in [-0.4, -0.2) is 16.6 Å². The summed E-state index contributed by atoms with van der Waals surface area (Å²) in [5, 5.41) is 4.14. The molecule has 1 unspecified atom stereocenters. The number of rotatable bonds is 4. The summed E-state index contributed by atoms with van der Waals surface area (Å²) in [5.41, 5.74) is 1.81. The molecule has 0 amide bonds. The topological polar surface area (TPSA) is 60.7 Å². The number of hydrogen-bond acceptors (Lipinski definition) is 6.